The van der Waals surface area contributed by atoms with Crippen LogP contribution < -0.4 is 5.73 Å². The summed E-state index contributed by atoms with van der Waals surface area (Å²) in [5, 5.41) is 0. The molecular weight excluding hydrogens is 226 g/mol. The van der Waals surface area contributed by atoms with Crippen LogP contribution in [0.15, 0.2) is 22.7 Å². The van der Waals surface area contributed by atoms with Crippen molar-refractivity contribution >= 4 is 15.9 Å². The smallest absolute Gasteiger partial charge is 0.0223 e. The molecule has 0 aliphatic rings. The Morgan fingerprint density at radius 1 is 1.31 bits per heavy atom. The zero-order valence-electron chi connectivity index (χ0n) is 8.39. The van der Waals surface area contributed by atoms with E-state index < -0.39 is 0 Å². The Morgan fingerprint density at radius 3 is 2.31 bits per heavy atom. The highest BCUT2D eigenvalue weighted by atomic mass is 79.9. The van der Waals surface area contributed by atoms with Gasteiger partial charge in [0, 0.05) is 11.0 Å². The van der Waals surface area contributed by atoms with Crippen LogP contribution in [0.1, 0.15) is 31.9 Å². The van der Waals surface area contributed by atoms with Crippen molar-refractivity contribution in [3.8, 4) is 0 Å². The Balaban J connectivity index is 3.10. The maximum absolute atomic E-state index is 5.58. The Kier molecular flexibility index (Phi) is 3.14. The van der Waals surface area contributed by atoms with Crippen LogP contribution in [0.2, 0.25) is 0 Å². The van der Waals surface area contributed by atoms with Crippen LogP contribution in [0.5, 0.6) is 0 Å². The normalized spacial score (nSPS) is 11.8. The van der Waals surface area contributed by atoms with Crippen molar-refractivity contribution in [3.63, 3.8) is 0 Å². The van der Waals surface area contributed by atoms with Crippen molar-refractivity contribution in [2.45, 2.75) is 32.7 Å². The number of benzene rings is 1. The highest BCUT2D eigenvalue weighted by Gasteiger charge is 2.14. The van der Waals surface area contributed by atoms with Gasteiger partial charge >= 0.3 is 0 Å². The number of nitrogens with two attached hydrogens (primary N) is 1. The average Bonchev–Trinajstić information content (AvgIpc) is 2.02. The molecule has 0 spiro atoms. The monoisotopic (exact) mass is 241 g/mol. The molecule has 0 unspecified atom stereocenters. The Morgan fingerprint density at radius 2 is 1.92 bits per heavy atom. The first kappa shape index (κ1) is 10.7. The first-order valence-corrected chi connectivity index (χ1v) is 5.23. The molecule has 1 aromatic carbocycles. The van der Waals surface area contributed by atoms with E-state index in [0.717, 1.165) is 10.0 Å². The number of hydrogen-bond donors (Lipinski definition) is 1. The van der Waals surface area contributed by atoms with E-state index in [9.17, 15) is 0 Å². The van der Waals surface area contributed by atoms with Gasteiger partial charge in [-0.2, -0.15) is 0 Å². The van der Waals surface area contributed by atoms with E-state index in [4.69, 9.17) is 5.73 Å². The second kappa shape index (κ2) is 3.81. The molecule has 0 radical (unpaired) electrons. The summed E-state index contributed by atoms with van der Waals surface area (Å²) in [5.41, 5.74) is 8.27. The molecule has 0 aliphatic heterocycles. The Bertz CT molecular complexity index is 299. The van der Waals surface area contributed by atoms with Crippen molar-refractivity contribution in [1.82, 2.24) is 0 Å². The average molecular weight is 242 g/mol. The summed E-state index contributed by atoms with van der Waals surface area (Å²) < 4.78 is 1.11. The first-order valence-electron chi connectivity index (χ1n) is 4.44. The quantitative estimate of drug-likeness (QED) is 0.804. The standard InChI is InChI=1S/C11H16BrN/c1-11(2,3)9-5-4-8(7-13)10(12)6-9/h4-6H,7,13H2,1-3H3. The van der Waals surface area contributed by atoms with Crippen molar-refractivity contribution < 1.29 is 0 Å². The molecule has 0 atom stereocenters. The first-order chi connectivity index (χ1) is 5.95. The van der Waals surface area contributed by atoms with Crippen LogP contribution in [0.4, 0.5) is 0 Å². The highest BCUT2D eigenvalue weighted by Crippen LogP contribution is 2.26. The minimum absolute atomic E-state index is 0.204. The SMILES string of the molecule is CC(C)(C)c1ccc(CN)c(Br)c1. The molecule has 1 aromatic rings. The van der Waals surface area contributed by atoms with Crippen LogP contribution in [0, 0.1) is 0 Å². The van der Waals surface area contributed by atoms with Gasteiger partial charge in [0.05, 0.1) is 0 Å². The van der Waals surface area contributed by atoms with Crippen LogP contribution in [-0.2, 0) is 12.0 Å². The minimum atomic E-state index is 0.204. The molecule has 2 N–H and O–H groups in total. The van der Waals surface area contributed by atoms with Crippen LogP contribution in [0.25, 0.3) is 0 Å². The van der Waals surface area contributed by atoms with Gasteiger partial charge in [0.1, 0.15) is 0 Å². The molecule has 0 amide bonds. The fraction of sp³-hybridized carbons (Fsp3) is 0.455. The van der Waals surface area contributed by atoms with Gasteiger partial charge in [0.2, 0.25) is 0 Å². The molecule has 0 aliphatic carbocycles. The van der Waals surface area contributed by atoms with Crippen LogP contribution in [-0.4, -0.2) is 0 Å². The van der Waals surface area contributed by atoms with Gasteiger partial charge in [-0.1, -0.05) is 48.8 Å². The molecule has 1 nitrogen and oxygen atoms in total. The van der Waals surface area contributed by atoms with E-state index in [0.29, 0.717) is 6.54 Å². The molecule has 0 heterocycles. The minimum Gasteiger partial charge on any atom is -0.326 e. The summed E-state index contributed by atoms with van der Waals surface area (Å²) in [7, 11) is 0. The van der Waals surface area contributed by atoms with E-state index in [1.807, 2.05) is 0 Å². The van der Waals surface area contributed by atoms with E-state index in [2.05, 4.69) is 54.9 Å². The zero-order valence-corrected chi connectivity index (χ0v) is 9.98. The van der Waals surface area contributed by atoms with Crippen molar-refractivity contribution in [1.29, 1.82) is 0 Å². The lowest BCUT2D eigenvalue weighted by molar-refractivity contribution is 0.589. The van der Waals surface area contributed by atoms with Crippen LogP contribution in [0.3, 0.4) is 0 Å². The van der Waals surface area contributed by atoms with Crippen molar-refractivity contribution in [2.24, 2.45) is 5.73 Å². The van der Waals surface area contributed by atoms with Gasteiger partial charge in [0.15, 0.2) is 0 Å². The lowest BCUT2D eigenvalue weighted by Crippen LogP contribution is -2.11. The lowest BCUT2D eigenvalue weighted by Gasteiger charge is -2.19. The molecular formula is C11H16BrN. The molecule has 0 saturated carbocycles. The second-order valence-corrected chi connectivity index (χ2v) is 5.11. The molecule has 72 valence electrons. The van der Waals surface area contributed by atoms with Crippen molar-refractivity contribution in [2.75, 3.05) is 0 Å². The molecule has 2 heteroatoms. The third-order valence-corrected chi connectivity index (χ3v) is 2.88. The summed E-state index contributed by atoms with van der Waals surface area (Å²) in [4.78, 5) is 0. The van der Waals surface area contributed by atoms with Gasteiger partial charge in [-0.05, 0) is 22.6 Å². The molecule has 13 heavy (non-hydrogen) atoms. The van der Waals surface area contributed by atoms with Gasteiger partial charge in [0.25, 0.3) is 0 Å². The summed E-state index contributed by atoms with van der Waals surface area (Å²) in [5.74, 6) is 0. The van der Waals surface area contributed by atoms with E-state index >= 15 is 0 Å². The molecule has 0 aromatic heterocycles. The molecule has 0 bridgehead atoms. The van der Waals surface area contributed by atoms with Gasteiger partial charge in [-0.3, -0.25) is 0 Å². The fourth-order valence-corrected chi connectivity index (χ4v) is 1.72. The van der Waals surface area contributed by atoms with Crippen molar-refractivity contribution in [3.05, 3.63) is 33.8 Å². The number of hydrogen-bond acceptors (Lipinski definition) is 1. The third-order valence-electron chi connectivity index (χ3n) is 2.14. The zero-order chi connectivity index (χ0) is 10.1. The van der Waals surface area contributed by atoms with E-state index in [1.54, 1.807) is 0 Å². The summed E-state index contributed by atoms with van der Waals surface area (Å²) in [6.07, 6.45) is 0. The summed E-state index contributed by atoms with van der Waals surface area (Å²) in [6, 6.07) is 6.39. The van der Waals surface area contributed by atoms with Gasteiger partial charge < -0.3 is 5.73 Å². The maximum atomic E-state index is 5.58. The highest BCUT2D eigenvalue weighted by molar-refractivity contribution is 9.10. The Labute approximate surface area is 88.5 Å². The topological polar surface area (TPSA) is 26.0 Å². The number of rotatable bonds is 1. The van der Waals surface area contributed by atoms with Crippen LogP contribution >= 0.6 is 15.9 Å². The molecule has 0 saturated heterocycles. The van der Waals surface area contributed by atoms with Gasteiger partial charge in [-0.25, -0.2) is 0 Å². The van der Waals surface area contributed by atoms with E-state index in [1.165, 1.54) is 5.56 Å². The maximum Gasteiger partial charge on any atom is 0.0223 e. The largest absolute Gasteiger partial charge is 0.326 e. The fourth-order valence-electron chi connectivity index (χ4n) is 1.18. The summed E-state index contributed by atoms with van der Waals surface area (Å²) >= 11 is 3.52. The lowest BCUT2D eigenvalue weighted by atomic mass is 9.87. The predicted molar refractivity (Wildman–Crippen MR) is 60.7 cm³/mol. The van der Waals surface area contributed by atoms with Gasteiger partial charge in [-0.15, -0.1) is 0 Å². The van der Waals surface area contributed by atoms with E-state index in [-0.39, 0.29) is 5.41 Å². The molecule has 1 rings (SSSR count). The summed E-state index contributed by atoms with van der Waals surface area (Å²) in [6.45, 7) is 7.20. The Hall–Kier alpha value is -0.340. The third kappa shape index (κ3) is 2.55. The number of halogens is 1. The second-order valence-electron chi connectivity index (χ2n) is 4.26. The molecule has 0 fully saturated rings. The predicted octanol–water partition coefficient (Wildman–Crippen LogP) is 3.21.